The van der Waals surface area contributed by atoms with Crippen molar-refractivity contribution in [3.8, 4) is 5.75 Å². The van der Waals surface area contributed by atoms with Gasteiger partial charge in [0.15, 0.2) is 0 Å². The molecule has 0 radical (unpaired) electrons. The smallest absolute Gasteiger partial charge is 0.243 e. The normalized spacial score (nSPS) is 24.8. The molecule has 2 amide bonds. The van der Waals surface area contributed by atoms with Crippen molar-refractivity contribution in [2.24, 2.45) is 0 Å². The first-order valence-corrected chi connectivity index (χ1v) is 10.5. The van der Waals surface area contributed by atoms with Crippen molar-refractivity contribution >= 4 is 11.8 Å². The summed E-state index contributed by atoms with van der Waals surface area (Å²) in [6.45, 7) is 0.449. The van der Waals surface area contributed by atoms with E-state index in [4.69, 9.17) is 4.74 Å². The van der Waals surface area contributed by atoms with Gasteiger partial charge in [-0.25, -0.2) is 0 Å². The monoisotopic (exact) mass is 390 g/mol. The van der Waals surface area contributed by atoms with E-state index in [-0.39, 0.29) is 24.0 Å². The molecule has 5 heteroatoms. The predicted octanol–water partition coefficient (Wildman–Crippen LogP) is 3.05. The topological polar surface area (TPSA) is 58.6 Å². The zero-order chi connectivity index (χ0) is 19.8. The van der Waals surface area contributed by atoms with Crippen LogP contribution in [0.3, 0.4) is 0 Å². The SMILES string of the molecule is O=C(NC1CC1)[C@@H]1C[C@H](Oc2ccccc2)CN1C(=O)C1(c2ccccc2)CC1. The molecule has 0 unspecified atom stereocenters. The summed E-state index contributed by atoms with van der Waals surface area (Å²) in [5.74, 6) is 0.806. The minimum Gasteiger partial charge on any atom is -0.488 e. The maximum Gasteiger partial charge on any atom is 0.243 e. The quantitative estimate of drug-likeness (QED) is 0.825. The van der Waals surface area contributed by atoms with Gasteiger partial charge in [0.2, 0.25) is 11.8 Å². The number of para-hydroxylation sites is 1. The van der Waals surface area contributed by atoms with E-state index in [9.17, 15) is 9.59 Å². The molecule has 1 saturated heterocycles. The van der Waals surface area contributed by atoms with E-state index in [1.54, 1.807) is 4.90 Å². The number of nitrogens with zero attached hydrogens (tertiary/aromatic N) is 1. The van der Waals surface area contributed by atoms with Crippen molar-refractivity contribution < 1.29 is 14.3 Å². The van der Waals surface area contributed by atoms with Crippen LogP contribution >= 0.6 is 0 Å². The summed E-state index contributed by atoms with van der Waals surface area (Å²) in [5.41, 5.74) is 0.583. The molecule has 0 aromatic heterocycles. The Morgan fingerprint density at radius 3 is 2.24 bits per heavy atom. The number of likely N-dealkylation sites (tertiary alicyclic amines) is 1. The molecule has 0 spiro atoms. The Morgan fingerprint density at radius 2 is 1.62 bits per heavy atom. The van der Waals surface area contributed by atoms with E-state index in [0.29, 0.717) is 13.0 Å². The molecular formula is C24H26N2O3. The van der Waals surface area contributed by atoms with E-state index in [2.05, 4.69) is 5.32 Å². The van der Waals surface area contributed by atoms with E-state index in [0.717, 1.165) is 37.0 Å². The van der Waals surface area contributed by atoms with E-state index < -0.39 is 11.5 Å². The van der Waals surface area contributed by atoms with Crippen molar-refractivity contribution in [1.29, 1.82) is 0 Å². The molecule has 2 aromatic rings. The van der Waals surface area contributed by atoms with Crippen molar-refractivity contribution in [3.05, 3.63) is 66.2 Å². The van der Waals surface area contributed by atoms with Crippen LogP contribution in [0.1, 0.15) is 37.7 Å². The van der Waals surface area contributed by atoms with Gasteiger partial charge in [-0.2, -0.15) is 0 Å². The third kappa shape index (κ3) is 3.61. The molecule has 29 heavy (non-hydrogen) atoms. The molecule has 2 atom stereocenters. The summed E-state index contributed by atoms with van der Waals surface area (Å²) in [4.78, 5) is 28.3. The third-order valence-corrected chi connectivity index (χ3v) is 6.28. The third-order valence-electron chi connectivity index (χ3n) is 6.28. The Morgan fingerprint density at radius 1 is 0.966 bits per heavy atom. The number of amides is 2. The molecule has 2 saturated carbocycles. The van der Waals surface area contributed by atoms with Crippen LogP contribution < -0.4 is 10.1 Å². The van der Waals surface area contributed by atoms with Gasteiger partial charge >= 0.3 is 0 Å². The van der Waals surface area contributed by atoms with Gasteiger partial charge in [0.1, 0.15) is 17.9 Å². The zero-order valence-corrected chi connectivity index (χ0v) is 16.4. The van der Waals surface area contributed by atoms with Crippen LogP contribution in [0.2, 0.25) is 0 Å². The highest BCUT2D eigenvalue weighted by Crippen LogP contribution is 2.50. The Balaban J connectivity index is 1.37. The second kappa shape index (κ2) is 7.21. The fourth-order valence-electron chi connectivity index (χ4n) is 4.36. The molecule has 1 N–H and O–H groups in total. The average molecular weight is 390 g/mol. The van der Waals surface area contributed by atoms with Crippen molar-refractivity contribution in [2.45, 2.75) is 55.7 Å². The molecule has 150 valence electrons. The van der Waals surface area contributed by atoms with Gasteiger partial charge in [0, 0.05) is 12.5 Å². The second-order valence-corrected chi connectivity index (χ2v) is 8.49. The van der Waals surface area contributed by atoms with Crippen LogP contribution in [0.15, 0.2) is 60.7 Å². The minimum atomic E-state index is -0.471. The van der Waals surface area contributed by atoms with Gasteiger partial charge in [0.05, 0.1) is 12.0 Å². The lowest BCUT2D eigenvalue weighted by atomic mass is 9.94. The van der Waals surface area contributed by atoms with Crippen molar-refractivity contribution in [1.82, 2.24) is 10.2 Å². The average Bonchev–Trinajstić information content (AvgIpc) is 3.68. The molecule has 3 aliphatic rings. The van der Waals surface area contributed by atoms with Crippen LogP contribution in [0.4, 0.5) is 0 Å². The highest BCUT2D eigenvalue weighted by atomic mass is 16.5. The van der Waals surface area contributed by atoms with Gasteiger partial charge in [-0.1, -0.05) is 48.5 Å². The molecule has 2 aromatic carbocycles. The van der Waals surface area contributed by atoms with Gasteiger partial charge < -0.3 is 15.0 Å². The summed E-state index contributed by atoms with van der Waals surface area (Å²) >= 11 is 0. The lowest BCUT2D eigenvalue weighted by molar-refractivity contribution is -0.140. The molecule has 0 bridgehead atoms. The van der Waals surface area contributed by atoms with E-state index >= 15 is 0 Å². The number of hydrogen-bond acceptors (Lipinski definition) is 3. The minimum absolute atomic E-state index is 0.0381. The number of nitrogens with one attached hydrogen (secondary N) is 1. The van der Waals surface area contributed by atoms with Crippen LogP contribution in [0, 0.1) is 0 Å². The summed E-state index contributed by atoms with van der Waals surface area (Å²) in [6, 6.07) is 19.4. The number of ether oxygens (including phenoxy) is 1. The Hall–Kier alpha value is -2.82. The fourth-order valence-corrected chi connectivity index (χ4v) is 4.36. The molecule has 5 nitrogen and oxygen atoms in total. The van der Waals surface area contributed by atoms with Gasteiger partial charge in [-0.3, -0.25) is 9.59 Å². The molecular weight excluding hydrogens is 364 g/mol. The summed E-state index contributed by atoms with van der Waals surface area (Å²) in [5, 5.41) is 3.09. The lowest BCUT2D eigenvalue weighted by Crippen LogP contribution is -2.49. The van der Waals surface area contributed by atoms with Crippen LogP contribution in [-0.2, 0) is 15.0 Å². The van der Waals surface area contributed by atoms with Crippen LogP contribution in [0.5, 0.6) is 5.75 Å². The van der Waals surface area contributed by atoms with Crippen molar-refractivity contribution in [3.63, 3.8) is 0 Å². The van der Waals surface area contributed by atoms with Gasteiger partial charge in [-0.15, -0.1) is 0 Å². The summed E-state index contributed by atoms with van der Waals surface area (Å²) in [6.07, 6.45) is 4.10. The molecule has 3 fully saturated rings. The maximum absolute atomic E-state index is 13.6. The first kappa shape index (κ1) is 18.2. The zero-order valence-electron chi connectivity index (χ0n) is 16.4. The highest BCUT2D eigenvalue weighted by molar-refractivity contribution is 5.96. The Bertz CT molecular complexity index is 891. The Kier molecular flexibility index (Phi) is 4.53. The summed E-state index contributed by atoms with van der Waals surface area (Å²) < 4.78 is 6.12. The van der Waals surface area contributed by atoms with Crippen LogP contribution in [0.25, 0.3) is 0 Å². The largest absolute Gasteiger partial charge is 0.488 e. The molecule has 5 rings (SSSR count). The molecule has 1 heterocycles. The predicted molar refractivity (Wildman–Crippen MR) is 109 cm³/mol. The van der Waals surface area contributed by atoms with E-state index in [1.807, 2.05) is 60.7 Å². The lowest BCUT2D eigenvalue weighted by Gasteiger charge is -2.28. The summed E-state index contributed by atoms with van der Waals surface area (Å²) in [7, 11) is 0. The number of hydrogen-bond donors (Lipinski definition) is 1. The van der Waals surface area contributed by atoms with Crippen molar-refractivity contribution in [2.75, 3.05) is 6.54 Å². The number of carbonyl (C=O) groups excluding carboxylic acids is 2. The second-order valence-electron chi connectivity index (χ2n) is 8.49. The molecule has 2 aliphatic carbocycles. The van der Waals surface area contributed by atoms with Crippen LogP contribution in [-0.4, -0.2) is 41.4 Å². The number of rotatable bonds is 6. The molecule has 1 aliphatic heterocycles. The first-order chi connectivity index (χ1) is 14.2. The van der Waals surface area contributed by atoms with E-state index in [1.165, 1.54) is 0 Å². The first-order valence-electron chi connectivity index (χ1n) is 10.5. The standard InChI is InChI=1S/C24H26N2O3/c27-22(25-18-11-12-18)21-15-20(29-19-9-5-2-6-10-19)16-26(21)23(28)24(13-14-24)17-7-3-1-4-8-17/h1-10,18,20-21H,11-16H2,(H,25,27)/t20-,21-/m0/s1. The number of carbonyl (C=O) groups is 2. The maximum atomic E-state index is 13.6. The number of benzene rings is 2. The van der Waals surface area contributed by atoms with Gasteiger partial charge in [-0.05, 0) is 43.4 Å². The highest BCUT2D eigenvalue weighted by Gasteiger charge is 2.56. The Labute approximate surface area is 171 Å². The fraction of sp³-hybridized carbons (Fsp3) is 0.417. The van der Waals surface area contributed by atoms with Gasteiger partial charge in [0.25, 0.3) is 0 Å².